The quantitative estimate of drug-likeness (QED) is 0.609. The Morgan fingerprint density at radius 2 is 1.72 bits per heavy atom. The number of amides is 1. The van der Waals surface area contributed by atoms with Gasteiger partial charge < -0.3 is 9.64 Å². The van der Waals surface area contributed by atoms with Crippen molar-refractivity contribution in [3.8, 4) is 11.1 Å². The Bertz CT molecular complexity index is 945. The molecular formula is C25H29F3N2O2. The molecule has 1 unspecified atom stereocenters. The Morgan fingerprint density at radius 1 is 1.06 bits per heavy atom. The molecular weight excluding hydrogens is 417 g/mol. The summed E-state index contributed by atoms with van der Waals surface area (Å²) in [5, 5.41) is 0. The molecule has 2 fully saturated rings. The Balaban J connectivity index is 1.27. The van der Waals surface area contributed by atoms with Gasteiger partial charge in [-0.3, -0.25) is 4.90 Å². The molecule has 2 heterocycles. The van der Waals surface area contributed by atoms with Crippen molar-refractivity contribution in [1.82, 2.24) is 9.80 Å². The van der Waals surface area contributed by atoms with E-state index in [-0.39, 0.29) is 5.41 Å². The van der Waals surface area contributed by atoms with E-state index in [1.54, 1.807) is 0 Å². The Hall–Kier alpha value is -2.54. The topological polar surface area (TPSA) is 32.8 Å². The lowest BCUT2D eigenvalue weighted by Gasteiger charge is -2.54. The molecule has 2 aromatic carbocycles. The van der Waals surface area contributed by atoms with Crippen LogP contribution in [0.1, 0.15) is 30.9 Å². The Morgan fingerprint density at radius 3 is 2.31 bits per heavy atom. The molecule has 32 heavy (non-hydrogen) atoms. The van der Waals surface area contributed by atoms with Gasteiger partial charge in [-0.05, 0) is 54.4 Å². The molecule has 4 nitrogen and oxygen atoms in total. The molecule has 0 saturated carbocycles. The van der Waals surface area contributed by atoms with Crippen molar-refractivity contribution in [3.63, 3.8) is 0 Å². The molecule has 1 amide bonds. The maximum atomic E-state index is 12.6. The molecule has 172 valence electrons. The highest BCUT2D eigenvalue weighted by Crippen LogP contribution is 2.41. The number of carbonyl (C=O) groups is 1. The van der Waals surface area contributed by atoms with Crippen molar-refractivity contribution in [2.24, 2.45) is 5.41 Å². The summed E-state index contributed by atoms with van der Waals surface area (Å²) in [7, 11) is 0. The number of piperidine rings is 1. The molecule has 7 heteroatoms. The van der Waals surface area contributed by atoms with E-state index in [9.17, 15) is 18.0 Å². The van der Waals surface area contributed by atoms with Gasteiger partial charge in [-0.25, -0.2) is 4.79 Å². The summed E-state index contributed by atoms with van der Waals surface area (Å²) in [4.78, 5) is 15.9. The number of alkyl halides is 3. The number of aryl methyl sites for hydroxylation is 1. The summed E-state index contributed by atoms with van der Waals surface area (Å²) in [6.45, 7) is 6.69. The molecule has 1 atom stereocenters. The predicted molar refractivity (Wildman–Crippen MR) is 117 cm³/mol. The van der Waals surface area contributed by atoms with E-state index in [1.807, 2.05) is 18.2 Å². The summed E-state index contributed by atoms with van der Waals surface area (Å²) in [6.07, 6.45) is -5.88. The number of halogens is 3. The predicted octanol–water partition coefficient (Wildman–Crippen LogP) is 5.65. The van der Waals surface area contributed by atoms with E-state index < -0.39 is 18.4 Å². The minimum Gasteiger partial charge on any atom is -0.437 e. The molecule has 0 aliphatic carbocycles. The van der Waals surface area contributed by atoms with Gasteiger partial charge in [-0.1, -0.05) is 48.5 Å². The van der Waals surface area contributed by atoms with Gasteiger partial charge >= 0.3 is 12.3 Å². The standard InChI is InChI=1S/C25H29F3N2O2/c1-18-14-21(20-6-4-3-5-7-20)8-9-22(18)15-29-16-24(17-29)10-12-30(13-11-24)23(31)32-19(2)25(26,27)28/h3-9,14,19H,10-13,15-17H2,1-2H3. The second kappa shape index (κ2) is 8.77. The van der Waals surface area contributed by atoms with Crippen molar-refractivity contribution in [1.29, 1.82) is 0 Å². The fraction of sp³-hybridized carbons (Fsp3) is 0.480. The normalized spacial score (nSPS) is 19.5. The summed E-state index contributed by atoms with van der Waals surface area (Å²) in [6, 6.07) is 16.9. The van der Waals surface area contributed by atoms with Crippen LogP contribution in [0.5, 0.6) is 0 Å². The third kappa shape index (κ3) is 4.93. The first kappa shape index (κ1) is 22.6. The first-order valence-electron chi connectivity index (χ1n) is 11.0. The molecule has 0 radical (unpaired) electrons. The van der Waals surface area contributed by atoms with Crippen molar-refractivity contribution < 1.29 is 22.7 Å². The minimum atomic E-state index is -4.53. The molecule has 4 rings (SSSR count). The average Bonchev–Trinajstić information content (AvgIpc) is 2.74. The van der Waals surface area contributed by atoms with Gasteiger partial charge in [-0.15, -0.1) is 0 Å². The van der Waals surface area contributed by atoms with Crippen LogP contribution in [-0.4, -0.2) is 54.4 Å². The molecule has 0 N–H and O–H groups in total. The second-order valence-electron chi connectivity index (χ2n) is 9.21. The van der Waals surface area contributed by atoms with E-state index >= 15 is 0 Å². The third-order valence-corrected chi connectivity index (χ3v) is 6.78. The van der Waals surface area contributed by atoms with Gasteiger partial charge in [0.1, 0.15) is 0 Å². The van der Waals surface area contributed by atoms with Gasteiger partial charge in [0.2, 0.25) is 0 Å². The van der Waals surface area contributed by atoms with E-state index in [2.05, 4.69) is 46.9 Å². The summed E-state index contributed by atoms with van der Waals surface area (Å²) in [5.41, 5.74) is 5.15. The number of nitrogens with zero attached hydrogens (tertiary/aromatic N) is 2. The van der Waals surface area contributed by atoms with Crippen LogP contribution in [0.2, 0.25) is 0 Å². The lowest BCUT2D eigenvalue weighted by atomic mass is 9.72. The number of likely N-dealkylation sites (tertiary alicyclic amines) is 2. The van der Waals surface area contributed by atoms with Crippen LogP contribution in [0.3, 0.4) is 0 Å². The van der Waals surface area contributed by atoms with Crippen LogP contribution >= 0.6 is 0 Å². The zero-order valence-electron chi connectivity index (χ0n) is 18.5. The van der Waals surface area contributed by atoms with E-state index in [0.717, 1.165) is 39.4 Å². The fourth-order valence-corrected chi connectivity index (χ4v) is 4.71. The van der Waals surface area contributed by atoms with Crippen molar-refractivity contribution in [2.75, 3.05) is 26.2 Å². The largest absolute Gasteiger partial charge is 0.437 e. The zero-order chi connectivity index (χ0) is 22.9. The summed E-state index contributed by atoms with van der Waals surface area (Å²) >= 11 is 0. The summed E-state index contributed by atoms with van der Waals surface area (Å²) < 4.78 is 42.4. The maximum Gasteiger partial charge on any atom is 0.425 e. The number of hydrogen-bond donors (Lipinski definition) is 0. The van der Waals surface area contributed by atoms with Crippen LogP contribution in [0.4, 0.5) is 18.0 Å². The second-order valence-corrected chi connectivity index (χ2v) is 9.21. The maximum absolute atomic E-state index is 12.6. The van der Waals surface area contributed by atoms with E-state index in [4.69, 9.17) is 0 Å². The molecule has 2 saturated heterocycles. The molecule has 2 aliphatic rings. The van der Waals surface area contributed by atoms with E-state index in [0.29, 0.717) is 13.1 Å². The lowest BCUT2D eigenvalue weighted by molar-refractivity contribution is -0.200. The van der Waals surface area contributed by atoms with Crippen LogP contribution < -0.4 is 0 Å². The van der Waals surface area contributed by atoms with Gasteiger partial charge in [0.25, 0.3) is 0 Å². The lowest BCUT2D eigenvalue weighted by Crippen LogP contribution is -2.60. The number of ether oxygens (including phenoxy) is 1. The van der Waals surface area contributed by atoms with Gasteiger partial charge in [0, 0.05) is 32.7 Å². The number of benzene rings is 2. The molecule has 2 aliphatic heterocycles. The zero-order valence-corrected chi connectivity index (χ0v) is 18.5. The highest BCUT2D eigenvalue weighted by atomic mass is 19.4. The first-order valence-corrected chi connectivity index (χ1v) is 11.0. The highest BCUT2D eigenvalue weighted by molar-refractivity contribution is 5.68. The van der Waals surface area contributed by atoms with Crippen molar-refractivity contribution in [3.05, 3.63) is 59.7 Å². The van der Waals surface area contributed by atoms with Gasteiger partial charge in [0.05, 0.1) is 0 Å². The average molecular weight is 447 g/mol. The monoisotopic (exact) mass is 446 g/mol. The fourth-order valence-electron chi connectivity index (χ4n) is 4.71. The Labute approximate surface area is 187 Å². The number of carbonyl (C=O) groups excluding carboxylic acids is 1. The highest BCUT2D eigenvalue weighted by Gasteiger charge is 2.46. The minimum absolute atomic E-state index is 0.157. The van der Waals surface area contributed by atoms with Crippen LogP contribution in [0.25, 0.3) is 11.1 Å². The van der Waals surface area contributed by atoms with Crippen molar-refractivity contribution in [2.45, 2.75) is 45.5 Å². The van der Waals surface area contributed by atoms with Gasteiger partial charge in [-0.2, -0.15) is 13.2 Å². The van der Waals surface area contributed by atoms with Gasteiger partial charge in [0.15, 0.2) is 6.10 Å². The van der Waals surface area contributed by atoms with Crippen molar-refractivity contribution >= 4 is 6.09 Å². The third-order valence-electron chi connectivity index (χ3n) is 6.78. The van der Waals surface area contributed by atoms with E-state index in [1.165, 1.54) is 27.2 Å². The number of rotatable bonds is 4. The molecule has 2 aromatic rings. The SMILES string of the molecule is Cc1cc(-c2ccccc2)ccc1CN1CC2(CCN(C(=O)OC(C)C(F)(F)F)CC2)C1. The number of hydrogen-bond acceptors (Lipinski definition) is 3. The van der Waals surface area contributed by atoms with Crippen LogP contribution in [0, 0.1) is 12.3 Å². The van der Waals surface area contributed by atoms with Crippen LogP contribution in [-0.2, 0) is 11.3 Å². The molecule has 0 aromatic heterocycles. The smallest absolute Gasteiger partial charge is 0.425 e. The summed E-state index contributed by atoms with van der Waals surface area (Å²) in [5.74, 6) is 0. The first-order chi connectivity index (χ1) is 15.2. The molecule has 0 bridgehead atoms. The Kier molecular flexibility index (Phi) is 6.21. The van der Waals surface area contributed by atoms with Crippen LogP contribution in [0.15, 0.2) is 48.5 Å². The molecule has 1 spiro atoms.